The molecule has 0 radical (unpaired) electrons. The van der Waals surface area contributed by atoms with Gasteiger partial charge in [0, 0.05) is 13.7 Å². The number of anilines is 1. The normalized spacial score (nSPS) is 10.2. The van der Waals surface area contributed by atoms with Gasteiger partial charge in [-0.2, -0.15) is 0 Å². The molecule has 0 saturated heterocycles. The minimum absolute atomic E-state index is 0.269. The fourth-order valence-corrected chi connectivity index (χ4v) is 2.57. The van der Waals surface area contributed by atoms with Crippen molar-refractivity contribution < 1.29 is 19.8 Å². The van der Waals surface area contributed by atoms with Gasteiger partial charge in [-0.1, -0.05) is 0 Å². The molecule has 3 N–H and O–H groups in total. The molecule has 7 heteroatoms. The van der Waals surface area contributed by atoms with Gasteiger partial charge in [-0.05, 0) is 74.9 Å². The smallest absolute Gasteiger partial charge is 0.339 e. The zero-order valence-electron chi connectivity index (χ0n) is 10.4. The molecular formula is C14H9BrINO4. The first-order valence-electron chi connectivity index (χ1n) is 5.71. The third-order valence-corrected chi connectivity index (χ3v) is 4.02. The maximum absolute atomic E-state index is 12.2. The summed E-state index contributed by atoms with van der Waals surface area (Å²) in [6.45, 7) is 0. The van der Waals surface area contributed by atoms with Gasteiger partial charge in [-0.15, -0.1) is 0 Å². The van der Waals surface area contributed by atoms with Crippen molar-refractivity contribution in [2.24, 2.45) is 0 Å². The number of carboxylic acids is 1. The quantitative estimate of drug-likeness (QED) is 0.480. The predicted octanol–water partition coefficient (Wildman–Crippen LogP) is 3.71. The topological polar surface area (TPSA) is 86.6 Å². The van der Waals surface area contributed by atoms with Crippen LogP contribution in [0.2, 0.25) is 0 Å². The fourth-order valence-electron chi connectivity index (χ4n) is 1.66. The number of hydrogen-bond acceptors (Lipinski definition) is 3. The van der Waals surface area contributed by atoms with Gasteiger partial charge in [0.25, 0.3) is 5.91 Å². The summed E-state index contributed by atoms with van der Waals surface area (Å²) in [5, 5.41) is 21.0. The summed E-state index contributed by atoms with van der Waals surface area (Å²) in [7, 11) is 0. The standard InChI is InChI=1S/C14H9BrINO4/c15-11-3-1-7(16)5-9(11)13(19)17-8-2-4-12(18)10(6-8)14(20)21/h1-6,18H,(H,17,19)(H,20,21). The monoisotopic (exact) mass is 461 g/mol. The lowest BCUT2D eigenvalue weighted by Gasteiger charge is -2.09. The molecule has 1 amide bonds. The average molecular weight is 462 g/mol. The number of nitrogens with one attached hydrogen (secondary N) is 1. The summed E-state index contributed by atoms with van der Waals surface area (Å²) in [6, 6.07) is 9.18. The Morgan fingerprint density at radius 3 is 2.48 bits per heavy atom. The van der Waals surface area contributed by atoms with Gasteiger partial charge in [0.1, 0.15) is 11.3 Å². The van der Waals surface area contributed by atoms with Crippen LogP contribution in [0.5, 0.6) is 5.75 Å². The van der Waals surface area contributed by atoms with Crippen LogP contribution in [0.15, 0.2) is 40.9 Å². The van der Waals surface area contributed by atoms with Crippen molar-refractivity contribution in [3.8, 4) is 5.75 Å². The highest BCUT2D eigenvalue weighted by atomic mass is 127. The van der Waals surface area contributed by atoms with E-state index in [1.54, 1.807) is 12.1 Å². The molecule has 0 bridgehead atoms. The van der Waals surface area contributed by atoms with Crippen molar-refractivity contribution >= 4 is 56.1 Å². The van der Waals surface area contributed by atoms with Crippen LogP contribution >= 0.6 is 38.5 Å². The Morgan fingerprint density at radius 2 is 1.81 bits per heavy atom. The Morgan fingerprint density at radius 1 is 1.10 bits per heavy atom. The molecular weight excluding hydrogens is 453 g/mol. The van der Waals surface area contributed by atoms with Gasteiger partial charge >= 0.3 is 5.97 Å². The van der Waals surface area contributed by atoms with Crippen LogP contribution in [0.4, 0.5) is 5.69 Å². The number of carbonyl (C=O) groups is 2. The summed E-state index contributed by atoms with van der Waals surface area (Å²) >= 11 is 5.39. The number of aromatic hydroxyl groups is 1. The van der Waals surface area contributed by atoms with Gasteiger partial charge in [-0.25, -0.2) is 4.79 Å². The number of aromatic carboxylic acids is 1. The number of carbonyl (C=O) groups excluding carboxylic acids is 1. The van der Waals surface area contributed by atoms with Crippen LogP contribution in [-0.4, -0.2) is 22.1 Å². The summed E-state index contributed by atoms with van der Waals surface area (Å²) in [4.78, 5) is 23.1. The molecule has 2 aromatic carbocycles. The Bertz CT molecular complexity index is 733. The van der Waals surface area contributed by atoms with Crippen molar-refractivity contribution in [2.75, 3.05) is 5.32 Å². The van der Waals surface area contributed by atoms with Crippen molar-refractivity contribution in [1.82, 2.24) is 0 Å². The molecule has 0 aromatic heterocycles. The highest BCUT2D eigenvalue weighted by Gasteiger charge is 2.14. The molecule has 0 aliphatic rings. The largest absolute Gasteiger partial charge is 0.507 e. The van der Waals surface area contributed by atoms with Crippen LogP contribution in [0.3, 0.4) is 0 Å². The summed E-state index contributed by atoms with van der Waals surface area (Å²) in [6.07, 6.45) is 0. The predicted molar refractivity (Wildman–Crippen MR) is 89.9 cm³/mol. The second-order valence-electron chi connectivity index (χ2n) is 4.12. The lowest BCUT2D eigenvalue weighted by molar-refractivity contribution is 0.0693. The zero-order chi connectivity index (χ0) is 15.6. The van der Waals surface area contributed by atoms with Crippen molar-refractivity contribution in [1.29, 1.82) is 0 Å². The summed E-state index contributed by atoms with van der Waals surface area (Å²) in [5.41, 5.74) is 0.460. The van der Waals surface area contributed by atoms with E-state index >= 15 is 0 Å². The van der Waals surface area contributed by atoms with E-state index in [1.807, 2.05) is 6.07 Å². The summed E-state index contributed by atoms with van der Waals surface area (Å²) < 4.78 is 1.54. The molecule has 2 aromatic rings. The molecule has 0 spiro atoms. The van der Waals surface area contributed by atoms with Crippen LogP contribution in [0.1, 0.15) is 20.7 Å². The SMILES string of the molecule is O=C(O)c1cc(NC(=O)c2cc(I)ccc2Br)ccc1O. The minimum Gasteiger partial charge on any atom is -0.507 e. The molecule has 0 aliphatic heterocycles. The van der Waals surface area contributed by atoms with Crippen molar-refractivity contribution in [2.45, 2.75) is 0 Å². The number of rotatable bonds is 3. The first-order valence-corrected chi connectivity index (χ1v) is 7.58. The second-order valence-corrected chi connectivity index (χ2v) is 6.22. The van der Waals surface area contributed by atoms with Crippen LogP contribution in [-0.2, 0) is 0 Å². The van der Waals surface area contributed by atoms with Gasteiger partial charge in [0.2, 0.25) is 0 Å². The number of amides is 1. The van der Waals surface area contributed by atoms with Crippen molar-refractivity contribution in [3.63, 3.8) is 0 Å². The van der Waals surface area contributed by atoms with Crippen LogP contribution in [0.25, 0.3) is 0 Å². The Balaban J connectivity index is 2.29. The van der Waals surface area contributed by atoms with Gasteiger partial charge in [0.05, 0.1) is 5.56 Å². The molecule has 108 valence electrons. The molecule has 0 saturated carbocycles. The van der Waals surface area contributed by atoms with E-state index in [4.69, 9.17) is 5.11 Å². The number of carboxylic acid groups (broad SMARTS) is 1. The van der Waals surface area contributed by atoms with E-state index in [0.717, 1.165) is 3.57 Å². The van der Waals surface area contributed by atoms with Gasteiger partial charge < -0.3 is 15.5 Å². The third-order valence-electron chi connectivity index (χ3n) is 2.66. The van der Waals surface area contributed by atoms with Gasteiger partial charge in [-0.3, -0.25) is 4.79 Å². The number of benzene rings is 2. The van der Waals surface area contributed by atoms with Crippen LogP contribution < -0.4 is 5.32 Å². The molecule has 0 unspecified atom stereocenters. The second kappa shape index (κ2) is 6.44. The molecule has 0 fully saturated rings. The average Bonchev–Trinajstić information content (AvgIpc) is 2.43. The molecule has 21 heavy (non-hydrogen) atoms. The lowest BCUT2D eigenvalue weighted by Crippen LogP contribution is -2.13. The van der Waals surface area contributed by atoms with E-state index in [9.17, 15) is 14.7 Å². The lowest BCUT2D eigenvalue weighted by atomic mass is 10.1. The Hall–Kier alpha value is -1.61. The number of hydrogen-bond donors (Lipinski definition) is 3. The van der Waals surface area contributed by atoms with E-state index < -0.39 is 5.97 Å². The number of halogens is 2. The van der Waals surface area contributed by atoms with Gasteiger partial charge in [0.15, 0.2) is 0 Å². The van der Waals surface area contributed by atoms with Crippen molar-refractivity contribution in [3.05, 3.63) is 55.6 Å². The third kappa shape index (κ3) is 3.73. The Kier molecular flexibility index (Phi) is 4.84. The van der Waals surface area contributed by atoms with Crippen LogP contribution in [0, 0.1) is 3.57 Å². The molecule has 0 aliphatic carbocycles. The Labute approximate surface area is 142 Å². The molecule has 2 rings (SSSR count). The maximum atomic E-state index is 12.2. The maximum Gasteiger partial charge on any atom is 0.339 e. The molecule has 0 atom stereocenters. The molecule has 0 heterocycles. The van der Waals surface area contributed by atoms with E-state index in [1.165, 1.54) is 18.2 Å². The van der Waals surface area contributed by atoms with E-state index in [-0.39, 0.29) is 17.2 Å². The highest BCUT2D eigenvalue weighted by Crippen LogP contribution is 2.24. The number of phenols is 1. The zero-order valence-corrected chi connectivity index (χ0v) is 14.2. The first kappa shape index (κ1) is 15.8. The van der Waals surface area contributed by atoms with E-state index in [0.29, 0.717) is 15.7 Å². The molecule has 5 nitrogen and oxygen atoms in total. The summed E-state index contributed by atoms with van der Waals surface area (Å²) in [5.74, 6) is -1.99. The highest BCUT2D eigenvalue weighted by molar-refractivity contribution is 14.1. The fraction of sp³-hybridized carbons (Fsp3) is 0. The van der Waals surface area contributed by atoms with E-state index in [2.05, 4.69) is 43.8 Å². The first-order chi connectivity index (χ1) is 9.88. The minimum atomic E-state index is -1.26.